The number of hydrogen-bond acceptors (Lipinski definition) is 3. The monoisotopic (exact) mass is 203 g/mol. The van der Waals surface area contributed by atoms with Crippen molar-refractivity contribution >= 4 is 21.9 Å². The molecule has 1 aromatic carbocycles. The fourth-order valence-corrected chi connectivity index (χ4v) is 2.03. The number of rotatable bonds is 2. The van der Waals surface area contributed by atoms with Gasteiger partial charge in [0.05, 0.1) is 10.8 Å². The molecule has 0 aliphatic carbocycles. The van der Waals surface area contributed by atoms with Gasteiger partial charge in [-0.05, 0) is 12.5 Å². The summed E-state index contributed by atoms with van der Waals surface area (Å²) in [5.41, 5.74) is 1.80. The van der Waals surface area contributed by atoms with E-state index in [1.807, 2.05) is 6.92 Å². The molecule has 3 aromatic rings. The molecule has 0 saturated carbocycles. The molecule has 1 N–H and O–H groups in total. The molecule has 0 aliphatic heterocycles. The van der Waals surface area contributed by atoms with E-state index >= 15 is 0 Å². The largest absolute Gasteiger partial charge is 0.449 e. The number of nitrogens with one attached hydrogen (secondary N) is 1. The summed E-state index contributed by atoms with van der Waals surface area (Å²) in [6.45, 7) is 2.03. The second-order valence-corrected chi connectivity index (χ2v) is 3.74. The summed E-state index contributed by atoms with van der Waals surface area (Å²) in [6, 6.07) is 1.64. The smallest absolute Gasteiger partial charge is 0.259 e. The van der Waals surface area contributed by atoms with Gasteiger partial charge in [-0.1, -0.05) is 13.3 Å². The Labute approximate surface area is 84.2 Å². The highest BCUT2D eigenvalue weighted by molar-refractivity contribution is 6.01. The van der Waals surface area contributed by atoms with Crippen molar-refractivity contribution < 1.29 is 4.42 Å². The Morgan fingerprint density at radius 1 is 1.33 bits per heavy atom. The molecule has 15 heavy (non-hydrogen) atoms. The molecule has 0 atom stereocenters. The lowest BCUT2D eigenvalue weighted by atomic mass is 10.0. The first-order valence-electron chi connectivity index (χ1n) is 4.95. The van der Waals surface area contributed by atoms with Crippen LogP contribution in [0.2, 0.25) is 0 Å². The van der Waals surface area contributed by atoms with Gasteiger partial charge >= 0.3 is 0 Å². The lowest BCUT2D eigenvalue weighted by Gasteiger charge is -1.94. The number of hydrogen-bond donors (Lipinski definition) is 1. The summed E-state index contributed by atoms with van der Waals surface area (Å²) >= 11 is 0. The fourth-order valence-electron chi connectivity index (χ4n) is 2.03. The number of H-pyrrole nitrogens is 1. The van der Waals surface area contributed by atoms with E-state index in [9.17, 15) is 9.59 Å². The Morgan fingerprint density at radius 2 is 2.13 bits per heavy atom. The van der Waals surface area contributed by atoms with Gasteiger partial charge in [0, 0.05) is 5.56 Å². The van der Waals surface area contributed by atoms with Crippen molar-refractivity contribution in [3.05, 3.63) is 32.3 Å². The van der Waals surface area contributed by atoms with Gasteiger partial charge in [0.2, 0.25) is 0 Å². The van der Waals surface area contributed by atoms with Crippen LogP contribution in [0.15, 0.2) is 20.1 Å². The third-order valence-electron chi connectivity index (χ3n) is 2.71. The van der Waals surface area contributed by atoms with Crippen molar-refractivity contribution in [1.29, 1.82) is 0 Å². The Hall–Kier alpha value is -1.84. The molecular formula is C11H9NO3. The third-order valence-corrected chi connectivity index (χ3v) is 2.71. The van der Waals surface area contributed by atoms with Gasteiger partial charge in [0.1, 0.15) is 0 Å². The zero-order valence-corrected chi connectivity index (χ0v) is 8.22. The van der Waals surface area contributed by atoms with Crippen LogP contribution in [0.25, 0.3) is 21.9 Å². The topological polar surface area (TPSA) is 63.1 Å². The third kappa shape index (κ3) is 1.02. The molecule has 0 bridgehead atoms. The number of fused-ring (bicyclic) bond motifs is 2. The Morgan fingerprint density at radius 3 is 2.87 bits per heavy atom. The highest BCUT2D eigenvalue weighted by Crippen LogP contribution is 2.33. The predicted molar refractivity (Wildman–Crippen MR) is 57.0 cm³/mol. The maximum absolute atomic E-state index is 11.6. The van der Waals surface area contributed by atoms with Crippen molar-refractivity contribution in [1.82, 2.24) is 4.98 Å². The van der Waals surface area contributed by atoms with Crippen molar-refractivity contribution in [2.24, 2.45) is 0 Å². The summed E-state index contributed by atoms with van der Waals surface area (Å²) in [6.07, 6.45) is 1.69. The van der Waals surface area contributed by atoms with Crippen molar-refractivity contribution in [2.45, 2.75) is 19.8 Å². The van der Waals surface area contributed by atoms with Crippen LogP contribution < -0.4 is 11.1 Å². The van der Waals surface area contributed by atoms with E-state index < -0.39 is 0 Å². The van der Waals surface area contributed by atoms with Gasteiger partial charge in [0.25, 0.3) is 11.1 Å². The van der Waals surface area contributed by atoms with Crippen LogP contribution in [-0.2, 0) is 6.42 Å². The lowest BCUT2D eigenvalue weighted by Crippen LogP contribution is -2.06. The van der Waals surface area contributed by atoms with Gasteiger partial charge < -0.3 is 4.42 Å². The summed E-state index contributed by atoms with van der Waals surface area (Å²) in [5, 5.41) is 0.970. The molecule has 0 amide bonds. The molecule has 4 heteroatoms. The zero-order chi connectivity index (χ0) is 10.6. The normalized spacial score (nSPS) is 12.1. The summed E-state index contributed by atoms with van der Waals surface area (Å²) in [7, 11) is 0. The van der Waals surface area contributed by atoms with Gasteiger partial charge in [0.15, 0.2) is 11.2 Å². The van der Waals surface area contributed by atoms with E-state index in [-0.39, 0.29) is 11.1 Å². The van der Waals surface area contributed by atoms with Crippen LogP contribution >= 0.6 is 0 Å². The SMILES string of the molecule is CCCc1c2oc2cc2c(=O)[nH]c(=O)c12. The van der Waals surface area contributed by atoms with Crippen LogP contribution in [0.1, 0.15) is 18.9 Å². The lowest BCUT2D eigenvalue weighted by molar-refractivity contribution is 0.750. The molecule has 0 fully saturated rings. The average Bonchev–Trinajstić information content (AvgIpc) is 2.90. The van der Waals surface area contributed by atoms with Crippen LogP contribution in [0.4, 0.5) is 0 Å². The van der Waals surface area contributed by atoms with Gasteiger partial charge in [-0.3, -0.25) is 14.6 Å². The van der Waals surface area contributed by atoms with Crippen LogP contribution in [0.5, 0.6) is 0 Å². The Kier molecular flexibility index (Phi) is 1.46. The first kappa shape index (κ1) is 8.47. The van der Waals surface area contributed by atoms with E-state index in [4.69, 9.17) is 4.42 Å². The Bertz CT molecular complexity index is 722. The highest BCUT2D eigenvalue weighted by atomic mass is 16.4. The maximum atomic E-state index is 11.6. The number of aromatic nitrogens is 1. The van der Waals surface area contributed by atoms with E-state index in [2.05, 4.69) is 4.98 Å². The predicted octanol–water partition coefficient (Wildman–Crippen LogP) is 1.46. The molecular weight excluding hydrogens is 194 g/mol. The van der Waals surface area contributed by atoms with E-state index in [1.54, 1.807) is 6.07 Å². The zero-order valence-electron chi connectivity index (χ0n) is 8.22. The van der Waals surface area contributed by atoms with E-state index in [0.29, 0.717) is 10.8 Å². The number of aryl methyl sites for hydroxylation is 1. The minimum Gasteiger partial charge on any atom is -0.449 e. The quantitative estimate of drug-likeness (QED) is 0.685. The molecule has 0 radical (unpaired) electrons. The molecule has 0 unspecified atom stereocenters. The molecule has 2 heterocycles. The maximum Gasteiger partial charge on any atom is 0.259 e. The van der Waals surface area contributed by atoms with Crippen LogP contribution in [0.3, 0.4) is 0 Å². The van der Waals surface area contributed by atoms with Gasteiger partial charge in [-0.2, -0.15) is 0 Å². The van der Waals surface area contributed by atoms with Crippen LogP contribution in [-0.4, -0.2) is 4.98 Å². The molecule has 4 nitrogen and oxygen atoms in total. The van der Waals surface area contributed by atoms with E-state index in [0.717, 1.165) is 29.6 Å². The second-order valence-electron chi connectivity index (χ2n) is 3.74. The molecule has 0 aliphatic rings. The molecule has 76 valence electrons. The highest BCUT2D eigenvalue weighted by Gasteiger charge is 2.20. The average molecular weight is 203 g/mol. The Balaban J connectivity index is 2.52. The molecule has 3 rings (SSSR count). The summed E-state index contributed by atoms with van der Waals surface area (Å²) < 4.78 is 5.24. The fraction of sp³-hybridized carbons (Fsp3) is 0.273. The first-order chi connectivity index (χ1) is 7.22. The van der Waals surface area contributed by atoms with Crippen molar-refractivity contribution in [3.63, 3.8) is 0 Å². The van der Waals surface area contributed by atoms with E-state index in [1.165, 1.54) is 0 Å². The summed E-state index contributed by atoms with van der Waals surface area (Å²) in [4.78, 5) is 25.3. The summed E-state index contributed by atoms with van der Waals surface area (Å²) in [5.74, 6) is 0. The standard InChI is InChI=1S/C11H9NO3/c1-2-3-5-8-6(4-7-9(5)15-7)10(13)12-11(8)14/h4H,2-3H2,1H3,(H,12,13,14). The number of aromatic amines is 1. The van der Waals surface area contributed by atoms with Crippen LogP contribution in [0, 0.1) is 0 Å². The van der Waals surface area contributed by atoms with Gasteiger partial charge in [-0.15, -0.1) is 0 Å². The first-order valence-corrected chi connectivity index (χ1v) is 4.95. The van der Waals surface area contributed by atoms with Crippen molar-refractivity contribution in [2.75, 3.05) is 0 Å². The minimum absolute atomic E-state index is 0.295. The molecule has 0 saturated heterocycles. The molecule has 2 aromatic heterocycles. The molecule has 0 spiro atoms. The van der Waals surface area contributed by atoms with Crippen molar-refractivity contribution in [3.8, 4) is 0 Å². The second kappa shape index (κ2) is 2.59. The number of benzene rings is 1. The minimum atomic E-state index is -0.314. The van der Waals surface area contributed by atoms with Gasteiger partial charge in [-0.25, -0.2) is 0 Å².